The van der Waals surface area contributed by atoms with Crippen LogP contribution in [0.2, 0.25) is 0 Å². The van der Waals surface area contributed by atoms with Crippen molar-refractivity contribution in [3.63, 3.8) is 0 Å². The fraction of sp³-hybridized carbons (Fsp3) is 0.591. The van der Waals surface area contributed by atoms with Crippen LogP contribution in [0, 0.1) is 23.7 Å². The van der Waals surface area contributed by atoms with Crippen molar-refractivity contribution >= 4 is 22.7 Å². The molecule has 0 N–H and O–H groups in total. The van der Waals surface area contributed by atoms with Crippen molar-refractivity contribution in [3.05, 3.63) is 59.7 Å². The van der Waals surface area contributed by atoms with Crippen molar-refractivity contribution in [2.24, 2.45) is 23.7 Å². The lowest BCUT2D eigenvalue weighted by atomic mass is 9.98. The lowest BCUT2D eigenvalue weighted by molar-refractivity contribution is 0.0478. The van der Waals surface area contributed by atoms with Crippen LogP contribution in [0.3, 0.4) is 0 Å². The second-order valence-corrected chi connectivity index (χ2v) is 16.0. The highest BCUT2D eigenvalue weighted by Crippen LogP contribution is 2.48. The van der Waals surface area contributed by atoms with E-state index in [1.807, 2.05) is 42.5 Å². The van der Waals surface area contributed by atoms with Crippen LogP contribution < -0.4 is 0 Å². The minimum absolute atomic E-state index is 0.281. The smallest absolute Gasteiger partial charge is 0.338 e. The van der Waals surface area contributed by atoms with Gasteiger partial charge in [-0.3, -0.25) is 0 Å². The highest BCUT2D eigenvalue weighted by Gasteiger charge is 2.26. The Bertz CT molecular complexity index is 1520. The van der Waals surface area contributed by atoms with Gasteiger partial charge in [0, 0.05) is 13.1 Å². The van der Waals surface area contributed by atoms with Crippen LogP contribution in [0.25, 0.3) is 33.0 Å². The van der Waals surface area contributed by atoms with Gasteiger partial charge in [-0.1, -0.05) is 85.7 Å². The largest absolute Gasteiger partial charge is 0.462 e. The van der Waals surface area contributed by atoms with Crippen LogP contribution in [-0.4, -0.2) is 74.2 Å². The summed E-state index contributed by atoms with van der Waals surface area (Å²) >= 11 is 0. The average molecular weight is 685 g/mol. The van der Waals surface area contributed by atoms with E-state index in [4.69, 9.17) is 9.47 Å². The lowest BCUT2D eigenvalue weighted by Gasteiger charge is -2.24. The molecule has 0 unspecified atom stereocenters. The molecule has 3 aromatic carbocycles. The topological polar surface area (TPSA) is 59.1 Å². The van der Waals surface area contributed by atoms with E-state index in [-0.39, 0.29) is 11.9 Å². The Hall–Kier alpha value is -3.22. The third-order valence-electron chi connectivity index (χ3n) is 9.89. The number of carbonyl (C=O) groups is 2. The highest BCUT2D eigenvalue weighted by atomic mass is 16.5. The molecule has 0 radical (unpaired) electrons. The molecule has 0 amide bonds. The van der Waals surface area contributed by atoms with E-state index in [0.29, 0.717) is 48.0 Å². The fourth-order valence-electron chi connectivity index (χ4n) is 6.66. The van der Waals surface area contributed by atoms with E-state index in [1.54, 1.807) is 0 Å². The number of rotatable bonds is 22. The molecule has 4 rings (SSSR count). The van der Waals surface area contributed by atoms with E-state index in [1.165, 1.54) is 25.7 Å². The summed E-state index contributed by atoms with van der Waals surface area (Å²) in [7, 11) is 0. The SMILES string of the molecule is CC(C)CCN(CCCOC(=O)c1ccc2c(c1)-c1cccc3c(C(=O)OCCCN(CCC(C)C)CCC(C)C)ccc-2c13)CCC(C)C. The van der Waals surface area contributed by atoms with E-state index in [0.717, 1.165) is 85.1 Å². The molecule has 6 nitrogen and oxygen atoms in total. The van der Waals surface area contributed by atoms with Gasteiger partial charge >= 0.3 is 11.9 Å². The van der Waals surface area contributed by atoms with Crippen LogP contribution in [-0.2, 0) is 9.47 Å². The van der Waals surface area contributed by atoms with Crippen LogP contribution in [0.4, 0.5) is 0 Å². The molecule has 6 heteroatoms. The Kier molecular flexibility index (Phi) is 15.4. The van der Waals surface area contributed by atoms with Crippen molar-refractivity contribution in [1.29, 1.82) is 0 Å². The van der Waals surface area contributed by atoms with E-state index in [2.05, 4.69) is 71.3 Å². The van der Waals surface area contributed by atoms with Gasteiger partial charge in [-0.15, -0.1) is 0 Å². The quantitative estimate of drug-likeness (QED) is 0.0607. The predicted octanol–water partition coefficient (Wildman–Crippen LogP) is 10.4. The van der Waals surface area contributed by atoms with E-state index >= 15 is 0 Å². The molecule has 0 saturated carbocycles. The maximum absolute atomic E-state index is 13.4. The van der Waals surface area contributed by atoms with Gasteiger partial charge in [0.25, 0.3) is 0 Å². The van der Waals surface area contributed by atoms with Crippen molar-refractivity contribution < 1.29 is 19.1 Å². The molecule has 3 aromatic rings. The third-order valence-corrected chi connectivity index (χ3v) is 9.89. The van der Waals surface area contributed by atoms with Gasteiger partial charge in [-0.05, 0) is 140 Å². The minimum atomic E-state index is -0.289. The van der Waals surface area contributed by atoms with Crippen molar-refractivity contribution in [2.75, 3.05) is 52.5 Å². The number of fused-ring (bicyclic) bond motifs is 3. The molecule has 0 aromatic heterocycles. The highest BCUT2D eigenvalue weighted by molar-refractivity contribution is 6.20. The zero-order chi connectivity index (χ0) is 36.2. The second kappa shape index (κ2) is 19.4. The van der Waals surface area contributed by atoms with Gasteiger partial charge in [0.15, 0.2) is 0 Å². The van der Waals surface area contributed by atoms with Crippen LogP contribution in [0.5, 0.6) is 0 Å². The van der Waals surface area contributed by atoms with Gasteiger partial charge in [0.05, 0.1) is 24.3 Å². The Balaban J connectivity index is 1.37. The standard InChI is InChI=1S/C44H64N2O4/c1-31(2)18-24-45(25-19-32(3)4)22-10-28-49-43(47)35-14-15-36-39-16-17-40(37-12-9-13-38(42(37)39)41(36)30-35)44(48)50-29-11-23-46(26-20-33(5)6)27-21-34(7)8/h9,12-17,30-34H,10-11,18-29H2,1-8H3. The summed E-state index contributed by atoms with van der Waals surface area (Å²) in [5.74, 6) is 2.14. The summed E-state index contributed by atoms with van der Waals surface area (Å²) in [6, 6.07) is 15.8. The number of carbonyl (C=O) groups excluding carboxylic acids is 2. The second-order valence-electron chi connectivity index (χ2n) is 16.0. The summed E-state index contributed by atoms with van der Waals surface area (Å²) in [6.45, 7) is 25.2. The Morgan fingerprint density at radius 2 is 1.02 bits per heavy atom. The number of hydrogen-bond donors (Lipinski definition) is 0. The molecule has 0 fully saturated rings. The van der Waals surface area contributed by atoms with Gasteiger partial charge in [-0.25, -0.2) is 9.59 Å². The molecular formula is C44H64N2O4. The summed E-state index contributed by atoms with van der Waals surface area (Å²) in [4.78, 5) is 31.6. The summed E-state index contributed by atoms with van der Waals surface area (Å²) in [5, 5.41) is 1.93. The van der Waals surface area contributed by atoms with Crippen molar-refractivity contribution in [1.82, 2.24) is 9.80 Å². The monoisotopic (exact) mass is 684 g/mol. The van der Waals surface area contributed by atoms with Crippen molar-refractivity contribution in [3.8, 4) is 22.3 Å². The number of benzene rings is 3. The van der Waals surface area contributed by atoms with Gasteiger partial charge in [0.2, 0.25) is 0 Å². The molecule has 0 heterocycles. The molecule has 0 saturated heterocycles. The summed E-state index contributed by atoms with van der Waals surface area (Å²) in [6.07, 6.45) is 6.37. The number of ether oxygens (including phenoxy) is 2. The molecule has 0 atom stereocenters. The van der Waals surface area contributed by atoms with Crippen LogP contribution >= 0.6 is 0 Å². The van der Waals surface area contributed by atoms with Gasteiger partial charge in [0.1, 0.15) is 0 Å². The van der Waals surface area contributed by atoms with Crippen LogP contribution in [0.15, 0.2) is 48.5 Å². The summed E-state index contributed by atoms with van der Waals surface area (Å²) in [5.41, 5.74) is 5.33. The summed E-state index contributed by atoms with van der Waals surface area (Å²) < 4.78 is 11.6. The Labute approximate surface area is 302 Å². The first-order valence-corrected chi connectivity index (χ1v) is 19.4. The van der Waals surface area contributed by atoms with E-state index in [9.17, 15) is 9.59 Å². The number of esters is 2. The van der Waals surface area contributed by atoms with Crippen molar-refractivity contribution in [2.45, 2.75) is 93.9 Å². The number of nitrogens with zero attached hydrogens (tertiary/aromatic N) is 2. The molecule has 0 aliphatic heterocycles. The molecule has 1 aliphatic carbocycles. The zero-order valence-corrected chi connectivity index (χ0v) is 32.4. The molecule has 1 aliphatic rings. The lowest BCUT2D eigenvalue weighted by Crippen LogP contribution is -2.29. The number of hydrogen-bond acceptors (Lipinski definition) is 6. The average Bonchev–Trinajstić information content (AvgIpc) is 3.40. The van der Waals surface area contributed by atoms with E-state index < -0.39 is 0 Å². The van der Waals surface area contributed by atoms with Crippen LogP contribution in [0.1, 0.15) is 115 Å². The molecule has 0 bridgehead atoms. The van der Waals surface area contributed by atoms with Gasteiger partial charge < -0.3 is 19.3 Å². The zero-order valence-electron chi connectivity index (χ0n) is 32.4. The minimum Gasteiger partial charge on any atom is -0.462 e. The maximum atomic E-state index is 13.4. The Morgan fingerprint density at radius 3 is 1.54 bits per heavy atom. The predicted molar refractivity (Wildman–Crippen MR) is 209 cm³/mol. The molecular weight excluding hydrogens is 620 g/mol. The first kappa shape index (κ1) is 39.6. The first-order valence-electron chi connectivity index (χ1n) is 19.4. The Morgan fingerprint density at radius 1 is 0.540 bits per heavy atom. The maximum Gasteiger partial charge on any atom is 0.338 e. The molecule has 274 valence electrons. The van der Waals surface area contributed by atoms with Gasteiger partial charge in [-0.2, -0.15) is 0 Å². The third kappa shape index (κ3) is 11.4. The fourth-order valence-corrected chi connectivity index (χ4v) is 6.66. The first-order chi connectivity index (χ1) is 23.9. The molecule has 0 spiro atoms. The molecule has 50 heavy (non-hydrogen) atoms. The normalized spacial score (nSPS) is 12.4.